The number of nitrogens with one attached hydrogen (secondary N) is 1. The molecule has 0 bridgehead atoms. The number of unbranched alkanes of at least 4 members (excludes halogenated alkanes) is 52. The lowest BCUT2D eigenvalue weighted by Crippen LogP contribution is -2.45. The lowest BCUT2D eigenvalue weighted by molar-refractivity contribution is -0.143. The summed E-state index contributed by atoms with van der Waals surface area (Å²) in [5, 5.41) is 23.4. The second-order valence-corrected chi connectivity index (χ2v) is 24.6. The maximum atomic E-state index is 12.5. The predicted molar refractivity (Wildman–Crippen MR) is 343 cm³/mol. The molecule has 6 heteroatoms. The number of hydrogen-bond acceptors (Lipinski definition) is 5. The fourth-order valence-electron chi connectivity index (χ4n) is 11.3. The van der Waals surface area contributed by atoms with Crippen molar-refractivity contribution in [2.45, 2.75) is 411 Å². The van der Waals surface area contributed by atoms with Crippen molar-refractivity contribution in [3.63, 3.8) is 0 Å². The van der Waals surface area contributed by atoms with Crippen LogP contribution in [0.15, 0.2) is 24.3 Å². The molecule has 6 nitrogen and oxygen atoms in total. The quantitative estimate of drug-likeness (QED) is 0.0320. The molecule has 0 saturated heterocycles. The number of esters is 1. The van der Waals surface area contributed by atoms with E-state index in [0.717, 1.165) is 44.9 Å². The van der Waals surface area contributed by atoms with Crippen LogP contribution >= 0.6 is 0 Å². The van der Waals surface area contributed by atoms with Gasteiger partial charge in [0.15, 0.2) is 0 Å². The summed E-state index contributed by atoms with van der Waals surface area (Å²) in [5.74, 6) is -0.0274. The van der Waals surface area contributed by atoms with Gasteiger partial charge >= 0.3 is 5.97 Å². The van der Waals surface area contributed by atoms with Crippen molar-refractivity contribution in [1.82, 2.24) is 5.32 Å². The molecule has 0 saturated carbocycles. The van der Waals surface area contributed by atoms with Gasteiger partial charge in [-0.2, -0.15) is 0 Å². The van der Waals surface area contributed by atoms with Gasteiger partial charge in [0.25, 0.3) is 0 Å². The molecule has 0 aromatic carbocycles. The van der Waals surface area contributed by atoms with E-state index in [9.17, 15) is 19.8 Å². The summed E-state index contributed by atoms with van der Waals surface area (Å²) >= 11 is 0. The number of rotatable bonds is 67. The fourth-order valence-corrected chi connectivity index (χ4v) is 11.3. The van der Waals surface area contributed by atoms with E-state index < -0.39 is 12.1 Å². The van der Waals surface area contributed by atoms with E-state index >= 15 is 0 Å². The summed E-state index contributed by atoms with van der Waals surface area (Å²) in [6, 6.07) is -0.545. The Morgan fingerprint density at radius 3 is 0.910 bits per heavy atom. The van der Waals surface area contributed by atoms with Crippen molar-refractivity contribution in [3.05, 3.63) is 24.3 Å². The molecule has 0 aliphatic heterocycles. The number of allylic oxidation sites excluding steroid dienone is 4. The average molecular weight is 1100 g/mol. The molecule has 3 N–H and O–H groups in total. The first kappa shape index (κ1) is 76.3. The SMILES string of the molecule is CCCCCCCC/C=C\CCCCCCCC(=O)OCCCCCCCCCCCCCC/C=C\CCCCCCCCCCCC(=O)NC(CO)C(O)CCCCCCCCCCCCCCCCCCCCCCC. The predicted octanol–water partition coefficient (Wildman–Crippen LogP) is 22.9. The molecule has 0 fully saturated rings. The minimum atomic E-state index is -0.667. The molecule has 0 aromatic heterocycles. The molecule has 0 spiro atoms. The third-order valence-electron chi connectivity index (χ3n) is 16.7. The smallest absolute Gasteiger partial charge is 0.305 e. The molecule has 0 radical (unpaired) electrons. The third-order valence-corrected chi connectivity index (χ3v) is 16.7. The van der Waals surface area contributed by atoms with Crippen LogP contribution in [0.5, 0.6) is 0 Å². The van der Waals surface area contributed by atoms with Crippen molar-refractivity contribution < 1.29 is 24.5 Å². The standard InChI is InChI=1S/C72H139NO5/c1-3-5-7-9-11-13-15-17-19-20-21-27-30-33-37-40-44-48-52-56-60-64-70(75)69(68-74)73-71(76)65-61-57-53-49-45-41-38-34-31-28-25-23-22-24-26-29-32-35-39-43-47-51-55-59-63-67-78-72(77)66-62-58-54-50-46-42-36-18-16-14-12-10-8-6-4-2/h18,23,25,36,69-70,74-75H,3-17,19-22,24,26-35,37-68H2,1-2H3,(H,73,76)/b25-23-,36-18-. The first-order chi connectivity index (χ1) is 38.5. The highest BCUT2D eigenvalue weighted by Gasteiger charge is 2.20. The highest BCUT2D eigenvalue weighted by molar-refractivity contribution is 5.76. The Morgan fingerprint density at radius 1 is 0.346 bits per heavy atom. The Bertz CT molecular complexity index is 1220. The molecule has 2 atom stereocenters. The van der Waals surface area contributed by atoms with Gasteiger partial charge in [0.1, 0.15) is 0 Å². The maximum Gasteiger partial charge on any atom is 0.305 e. The lowest BCUT2D eigenvalue weighted by Gasteiger charge is -2.22. The zero-order chi connectivity index (χ0) is 56.4. The fraction of sp³-hybridized carbons (Fsp3) is 0.917. The first-order valence-corrected chi connectivity index (χ1v) is 35.6. The number of carbonyl (C=O) groups excluding carboxylic acids is 2. The van der Waals surface area contributed by atoms with Gasteiger partial charge in [-0.1, -0.05) is 334 Å². The molecule has 0 aliphatic rings. The molecule has 0 rings (SSSR count). The van der Waals surface area contributed by atoms with Crippen LogP contribution in [0.25, 0.3) is 0 Å². The van der Waals surface area contributed by atoms with Crippen molar-refractivity contribution >= 4 is 11.9 Å². The highest BCUT2D eigenvalue weighted by Crippen LogP contribution is 2.19. The van der Waals surface area contributed by atoms with Crippen LogP contribution < -0.4 is 5.32 Å². The Labute approximate surface area is 488 Å². The van der Waals surface area contributed by atoms with Gasteiger partial charge in [-0.3, -0.25) is 9.59 Å². The summed E-state index contributed by atoms with van der Waals surface area (Å²) < 4.78 is 5.49. The lowest BCUT2D eigenvalue weighted by atomic mass is 10.0. The number of carbonyl (C=O) groups is 2. The Hall–Kier alpha value is -1.66. The normalized spacial score (nSPS) is 12.6. The summed E-state index contributed by atoms with van der Waals surface area (Å²) in [7, 11) is 0. The summed E-state index contributed by atoms with van der Waals surface area (Å²) in [6.45, 7) is 4.98. The van der Waals surface area contributed by atoms with E-state index in [4.69, 9.17) is 4.74 Å². The topological polar surface area (TPSA) is 95.9 Å². The van der Waals surface area contributed by atoms with Gasteiger partial charge in [-0.15, -0.1) is 0 Å². The van der Waals surface area contributed by atoms with Crippen LogP contribution in [0, 0.1) is 0 Å². The summed E-state index contributed by atoms with van der Waals surface area (Å²) in [5.41, 5.74) is 0. The minimum absolute atomic E-state index is 0.00640. The molecule has 2 unspecified atom stereocenters. The van der Waals surface area contributed by atoms with Gasteiger partial charge < -0.3 is 20.3 Å². The van der Waals surface area contributed by atoms with E-state index in [-0.39, 0.29) is 18.5 Å². The van der Waals surface area contributed by atoms with Crippen LogP contribution in [-0.2, 0) is 14.3 Å². The van der Waals surface area contributed by atoms with E-state index in [1.807, 2.05) is 0 Å². The van der Waals surface area contributed by atoms with Crippen LogP contribution in [-0.4, -0.2) is 47.4 Å². The van der Waals surface area contributed by atoms with E-state index in [0.29, 0.717) is 25.9 Å². The van der Waals surface area contributed by atoms with E-state index in [1.165, 1.54) is 321 Å². The van der Waals surface area contributed by atoms with Crippen LogP contribution in [0.4, 0.5) is 0 Å². The molecule has 0 aromatic rings. The van der Waals surface area contributed by atoms with E-state index in [2.05, 4.69) is 43.5 Å². The Morgan fingerprint density at radius 2 is 0.603 bits per heavy atom. The van der Waals surface area contributed by atoms with Gasteiger partial charge in [-0.25, -0.2) is 0 Å². The van der Waals surface area contributed by atoms with Crippen molar-refractivity contribution in [2.75, 3.05) is 13.2 Å². The Balaban J connectivity index is 3.40. The molecule has 0 aliphatic carbocycles. The molecule has 1 amide bonds. The molecule has 0 heterocycles. The monoisotopic (exact) mass is 1100 g/mol. The molecule has 462 valence electrons. The number of aliphatic hydroxyl groups is 2. The molecular formula is C72H139NO5. The maximum absolute atomic E-state index is 12.5. The first-order valence-electron chi connectivity index (χ1n) is 35.6. The largest absolute Gasteiger partial charge is 0.466 e. The highest BCUT2D eigenvalue weighted by atomic mass is 16.5. The molecule has 78 heavy (non-hydrogen) atoms. The summed E-state index contributed by atoms with van der Waals surface area (Å²) in [4.78, 5) is 24.6. The van der Waals surface area contributed by atoms with Crippen LogP contribution in [0.2, 0.25) is 0 Å². The number of ether oxygens (including phenoxy) is 1. The summed E-state index contributed by atoms with van der Waals surface area (Å²) in [6.07, 6.45) is 85.1. The third kappa shape index (κ3) is 63.5. The van der Waals surface area contributed by atoms with Gasteiger partial charge in [0, 0.05) is 12.8 Å². The number of aliphatic hydroxyl groups excluding tert-OH is 2. The van der Waals surface area contributed by atoms with Crippen LogP contribution in [0.3, 0.4) is 0 Å². The van der Waals surface area contributed by atoms with Crippen molar-refractivity contribution in [1.29, 1.82) is 0 Å². The second-order valence-electron chi connectivity index (χ2n) is 24.6. The number of hydrogen-bond donors (Lipinski definition) is 3. The average Bonchev–Trinajstić information content (AvgIpc) is 3.44. The van der Waals surface area contributed by atoms with Crippen molar-refractivity contribution in [2.24, 2.45) is 0 Å². The minimum Gasteiger partial charge on any atom is -0.466 e. The van der Waals surface area contributed by atoms with Crippen LogP contribution in [0.1, 0.15) is 399 Å². The van der Waals surface area contributed by atoms with Gasteiger partial charge in [0.2, 0.25) is 5.91 Å². The second kappa shape index (κ2) is 67.8. The van der Waals surface area contributed by atoms with Gasteiger partial charge in [0.05, 0.1) is 25.4 Å². The number of amides is 1. The molecular weight excluding hydrogens is 959 g/mol. The Kier molecular flexibility index (Phi) is 66.4. The van der Waals surface area contributed by atoms with E-state index in [1.54, 1.807) is 0 Å². The zero-order valence-corrected chi connectivity index (χ0v) is 52.9. The van der Waals surface area contributed by atoms with Gasteiger partial charge in [-0.05, 0) is 77.0 Å². The van der Waals surface area contributed by atoms with Crippen molar-refractivity contribution in [3.8, 4) is 0 Å². The zero-order valence-electron chi connectivity index (χ0n) is 52.9.